The van der Waals surface area contributed by atoms with E-state index in [1.807, 2.05) is 12.1 Å². The number of benzene rings is 2. The molecule has 43 heavy (non-hydrogen) atoms. The van der Waals surface area contributed by atoms with Crippen molar-refractivity contribution in [1.82, 2.24) is 19.7 Å². The number of amides is 1. The fraction of sp³-hybridized carbons (Fsp3) is 0.471. The van der Waals surface area contributed by atoms with Crippen LogP contribution in [0.4, 0.5) is 0 Å². The van der Waals surface area contributed by atoms with E-state index < -0.39 is 6.10 Å². The van der Waals surface area contributed by atoms with Crippen LogP contribution in [0.3, 0.4) is 0 Å². The standard InChI is InChI=1S/C34H42N4O5/c1-36-13-15-37(16-14-36)21-29(39)23-42-30-11-12-35-31(18-30)34(40)38-19-28(20-38)27-9-10-32(33(17-27)41-2)43-22-24-3-5-25(6-4-24)26-7-8-26/h3-6,9-12,17-18,26,28-29,39H,7-8,13-16,19-23H2,1-2H3. The van der Waals surface area contributed by atoms with Gasteiger partial charge in [-0.1, -0.05) is 30.3 Å². The first kappa shape index (κ1) is 29.4. The van der Waals surface area contributed by atoms with Crippen LogP contribution in [0.15, 0.2) is 60.8 Å². The van der Waals surface area contributed by atoms with Crippen LogP contribution in [0.2, 0.25) is 0 Å². The minimum Gasteiger partial charge on any atom is -0.493 e. The molecule has 9 nitrogen and oxygen atoms in total. The maximum Gasteiger partial charge on any atom is 0.272 e. The van der Waals surface area contributed by atoms with Gasteiger partial charge in [0.1, 0.15) is 30.8 Å². The fourth-order valence-corrected chi connectivity index (χ4v) is 5.73. The highest BCUT2D eigenvalue weighted by Crippen LogP contribution is 2.40. The van der Waals surface area contributed by atoms with Crippen LogP contribution >= 0.6 is 0 Å². The van der Waals surface area contributed by atoms with Gasteiger partial charge in [-0.3, -0.25) is 14.7 Å². The summed E-state index contributed by atoms with van der Waals surface area (Å²) in [5, 5.41) is 10.5. The molecule has 3 aromatic rings. The Bertz CT molecular complexity index is 1380. The number of carbonyl (C=O) groups is 1. The Labute approximate surface area is 254 Å². The van der Waals surface area contributed by atoms with Crippen molar-refractivity contribution < 1.29 is 24.1 Å². The van der Waals surface area contributed by atoms with E-state index in [9.17, 15) is 9.90 Å². The predicted octanol–water partition coefficient (Wildman–Crippen LogP) is 3.77. The summed E-state index contributed by atoms with van der Waals surface area (Å²) in [7, 11) is 3.76. The number of carbonyl (C=O) groups excluding carboxylic acids is 1. The highest BCUT2D eigenvalue weighted by atomic mass is 16.5. The predicted molar refractivity (Wildman–Crippen MR) is 164 cm³/mol. The SMILES string of the molecule is COc1cc(C2CN(C(=O)c3cc(OCC(O)CN4CCN(C)CC4)ccn3)C2)ccc1OCc1ccc(C2CC2)cc1. The molecule has 3 aliphatic rings. The monoisotopic (exact) mass is 586 g/mol. The lowest BCUT2D eigenvalue weighted by Gasteiger charge is -2.39. The van der Waals surface area contributed by atoms with Gasteiger partial charge in [-0.2, -0.15) is 0 Å². The second-order valence-electron chi connectivity index (χ2n) is 12.1. The molecule has 6 rings (SSSR count). The smallest absolute Gasteiger partial charge is 0.272 e. The third-order valence-electron chi connectivity index (χ3n) is 8.71. The number of methoxy groups -OCH3 is 1. The van der Waals surface area contributed by atoms with Crippen LogP contribution in [0.1, 0.15) is 51.9 Å². The molecule has 9 heteroatoms. The number of pyridine rings is 1. The average molecular weight is 587 g/mol. The first-order valence-electron chi connectivity index (χ1n) is 15.3. The van der Waals surface area contributed by atoms with E-state index in [1.165, 1.54) is 18.4 Å². The quantitative estimate of drug-likeness (QED) is 0.343. The molecule has 1 saturated carbocycles. The number of piperazine rings is 1. The van der Waals surface area contributed by atoms with E-state index in [4.69, 9.17) is 14.2 Å². The van der Waals surface area contributed by atoms with Crippen molar-refractivity contribution in [3.63, 3.8) is 0 Å². The van der Waals surface area contributed by atoms with Gasteiger partial charge in [0.05, 0.1) is 7.11 Å². The molecular weight excluding hydrogens is 544 g/mol. The molecule has 3 heterocycles. The Morgan fingerprint density at radius 1 is 0.930 bits per heavy atom. The zero-order chi connectivity index (χ0) is 29.8. The summed E-state index contributed by atoms with van der Waals surface area (Å²) in [5.74, 6) is 2.77. The molecule has 1 atom stereocenters. The molecule has 3 fully saturated rings. The summed E-state index contributed by atoms with van der Waals surface area (Å²) in [5.41, 5.74) is 4.01. The van der Waals surface area contributed by atoms with E-state index in [2.05, 4.69) is 52.2 Å². The Morgan fingerprint density at radius 2 is 1.67 bits per heavy atom. The van der Waals surface area contributed by atoms with Gasteiger partial charge in [-0.25, -0.2) is 0 Å². The molecular formula is C34H42N4O5. The third kappa shape index (κ3) is 7.47. The summed E-state index contributed by atoms with van der Waals surface area (Å²) < 4.78 is 17.6. The second kappa shape index (κ2) is 13.3. The lowest BCUT2D eigenvalue weighted by molar-refractivity contribution is 0.0503. The molecule has 1 unspecified atom stereocenters. The molecule has 0 radical (unpaired) electrons. The molecule has 228 valence electrons. The van der Waals surface area contributed by atoms with Crippen LogP contribution in [-0.4, -0.2) is 103 Å². The van der Waals surface area contributed by atoms with Crippen LogP contribution in [-0.2, 0) is 6.61 Å². The number of likely N-dealkylation sites (N-methyl/N-ethyl adjacent to an activating group) is 1. The highest BCUT2D eigenvalue weighted by Gasteiger charge is 2.33. The van der Waals surface area contributed by atoms with Crippen LogP contribution in [0, 0.1) is 0 Å². The molecule has 2 aromatic carbocycles. The summed E-state index contributed by atoms with van der Waals surface area (Å²) in [6, 6.07) is 18.1. The fourth-order valence-electron chi connectivity index (χ4n) is 5.73. The summed E-state index contributed by atoms with van der Waals surface area (Å²) >= 11 is 0. The number of likely N-dealkylation sites (tertiary alicyclic amines) is 1. The number of nitrogens with zero attached hydrogens (tertiary/aromatic N) is 4. The van der Waals surface area contributed by atoms with Gasteiger partial charge >= 0.3 is 0 Å². The highest BCUT2D eigenvalue weighted by molar-refractivity contribution is 5.93. The van der Waals surface area contributed by atoms with Crippen molar-refractivity contribution >= 4 is 5.91 Å². The minimum absolute atomic E-state index is 0.126. The molecule has 0 spiro atoms. The topological polar surface area (TPSA) is 87.6 Å². The van der Waals surface area contributed by atoms with Gasteiger partial charge in [-0.15, -0.1) is 0 Å². The number of aliphatic hydroxyl groups is 1. The Balaban J connectivity index is 0.977. The van der Waals surface area contributed by atoms with E-state index in [1.54, 1.807) is 30.3 Å². The normalized spacial score (nSPS) is 18.6. The van der Waals surface area contributed by atoms with Crippen LogP contribution in [0.5, 0.6) is 17.2 Å². The average Bonchev–Trinajstić information content (AvgIpc) is 3.86. The number of hydrogen-bond acceptors (Lipinski definition) is 8. The second-order valence-corrected chi connectivity index (χ2v) is 12.1. The first-order valence-corrected chi connectivity index (χ1v) is 15.3. The number of rotatable bonds is 12. The molecule has 1 N–H and O–H groups in total. The van der Waals surface area contributed by atoms with Gasteiger partial charge in [0.15, 0.2) is 11.5 Å². The van der Waals surface area contributed by atoms with Gasteiger partial charge in [-0.05, 0) is 60.7 Å². The zero-order valence-corrected chi connectivity index (χ0v) is 25.2. The van der Waals surface area contributed by atoms with Crippen molar-refractivity contribution in [3.8, 4) is 17.2 Å². The first-order chi connectivity index (χ1) is 20.9. The number of hydrogen-bond donors (Lipinski definition) is 1. The Hall–Kier alpha value is -3.66. The van der Waals surface area contributed by atoms with Gasteiger partial charge in [0, 0.05) is 64.0 Å². The third-order valence-corrected chi connectivity index (χ3v) is 8.71. The maximum atomic E-state index is 13.1. The number of β-amino-alcohol motifs (C(OH)–C–C–N with tert-alkyl or cyclic N) is 1. The minimum atomic E-state index is -0.598. The van der Waals surface area contributed by atoms with Crippen molar-refractivity contribution in [2.45, 2.75) is 37.4 Å². The lowest BCUT2D eigenvalue weighted by atomic mass is 9.91. The lowest BCUT2D eigenvalue weighted by Crippen LogP contribution is -2.48. The van der Waals surface area contributed by atoms with Gasteiger partial charge in [0.2, 0.25) is 0 Å². The van der Waals surface area contributed by atoms with Crippen molar-refractivity contribution in [3.05, 3.63) is 83.2 Å². The van der Waals surface area contributed by atoms with Crippen LogP contribution < -0.4 is 14.2 Å². The van der Waals surface area contributed by atoms with E-state index >= 15 is 0 Å². The van der Waals surface area contributed by atoms with Crippen molar-refractivity contribution in [2.24, 2.45) is 0 Å². The summed E-state index contributed by atoms with van der Waals surface area (Å²) in [6.45, 7) is 6.33. The van der Waals surface area contributed by atoms with Gasteiger partial charge in [0.25, 0.3) is 5.91 Å². The van der Waals surface area contributed by atoms with E-state index in [0.29, 0.717) is 49.2 Å². The maximum absolute atomic E-state index is 13.1. The largest absolute Gasteiger partial charge is 0.493 e. The molecule has 2 aliphatic heterocycles. The molecule has 0 bridgehead atoms. The van der Waals surface area contributed by atoms with Gasteiger partial charge < -0.3 is 29.1 Å². The number of aliphatic hydroxyl groups excluding tert-OH is 1. The number of ether oxygens (including phenoxy) is 3. The zero-order valence-electron chi connectivity index (χ0n) is 25.2. The Kier molecular flexibility index (Phi) is 9.11. The summed E-state index contributed by atoms with van der Waals surface area (Å²) in [4.78, 5) is 23.8. The van der Waals surface area contributed by atoms with Crippen LogP contribution in [0.25, 0.3) is 0 Å². The number of aromatic nitrogens is 1. The molecule has 2 saturated heterocycles. The molecule has 1 amide bonds. The van der Waals surface area contributed by atoms with Crippen molar-refractivity contribution in [2.75, 3.05) is 66.6 Å². The van der Waals surface area contributed by atoms with Crippen molar-refractivity contribution in [1.29, 1.82) is 0 Å². The molecule has 1 aromatic heterocycles. The Morgan fingerprint density at radius 3 is 2.40 bits per heavy atom. The van der Waals surface area contributed by atoms with E-state index in [-0.39, 0.29) is 18.4 Å². The molecule has 1 aliphatic carbocycles. The summed E-state index contributed by atoms with van der Waals surface area (Å²) in [6.07, 6.45) is 3.58. The van der Waals surface area contributed by atoms with E-state index in [0.717, 1.165) is 43.2 Å².